The number of H-pyrrole nitrogens is 1. The van der Waals surface area contributed by atoms with E-state index in [-0.39, 0.29) is 18.1 Å². The van der Waals surface area contributed by atoms with Gasteiger partial charge < -0.3 is 30.4 Å². The number of halogens is 1. The molecular formula is C14H16IN5O5. The Morgan fingerprint density at radius 2 is 2.36 bits per heavy atom. The van der Waals surface area contributed by atoms with Gasteiger partial charge in [0.15, 0.2) is 5.84 Å². The molecule has 1 aromatic heterocycles. The molecule has 0 saturated carbocycles. The van der Waals surface area contributed by atoms with Gasteiger partial charge in [-0.05, 0) is 12.1 Å². The van der Waals surface area contributed by atoms with Crippen molar-refractivity contribution in [2.24, 2.45) is 13.9 Å². The summed E-state index contributed by atoms with van der Waals surface area (Å²) in [5, 5.41) is 30.1. The Labute approximate surface area is 156 Å². The summed E-state index contributed by atoms with van der Waals surface area (Å²) in [6.07, 6.45) is -2.95. The first-order valence-electron chi connectivity index (χ1n) is 7.11. The lowest BCUT2D eigenvalue weighted by Gasteiger charge is -2.23. The SMILES string of the molecule is CC(=O)OC[C@H]1O[C@@](C#N)(c2ccc(/C(N=CN)=N/I)[nH]2)[C@H](O)[C@@H]1O. The molecule has 0 aromatic carbocycles. The van der Waals surface area contributed by atoms with Crippen LogP contribution in [0, 0.1) is 11.3 Å². The van der Waals surface area contributed by atoms with E-state index in [4.69, 9.17) is 15.2 Å². The molecular weight excluding hydrogens is 445 g/mol. The Kier molecular flexibility index (Phi) is 6.11. The predicted octanol–water partition coefficient (Wildman–Crippen LogP) is -0.499. The highest BCUT2D eigenvalue weighted by Crippen LogP contribution is 2.39. The zero-order valence-electron chi connectivity index (χ0n) is 13.1. The lowest BCUT2D eigenvalue weighted by molar-refractivity contribution is -0.147. The number of aliphatic hydroxyl groups is 2. The molecule has 0 aliphatic carbocycles. The first-order chi connectivity index (χ1) is 11.9. The molecule has 1 aliphatic rings. The fraction of sp³-hybridized carbons (Fsp3) is 0.429. The van der Waals surface area contributed by atoms with Crippen molar-refractivity contribution in [2.45, 2.75) is 30.8 Å². The minimum atomic E-state index is -1.86. The molecule has 2 heterocycles. The summed E-state index contributed by atoms with van der Waals surface area (Å²) in [6.45, 7) is 0.915. The van der Waals surface area contributed by atoms with Crippen molar-refractivity contribution in [3.05, 3.63) is 23.5 Å². The number of aromatic amines is 1. The van der Waals surface area contributed by atoms with E-state index in [1.54, 1.807) is 28.9 Å². The third-order valence-electron chi connectivity index (χ3n) is 3.68. The smallest absolute Gasteiger partial charge is 0.302 e. The van der Waals surface area contributed by atoms with Crippen LogP contribution in [0.3, 0.4) is 0 Å². The van der Waals surface area contributed by atoms with Crippen molar-refractivity contribution in [3.63, 3.8) is 0 Å². The van der Waals surface area contributed by atoms with E-state index in [9.17, 15) is 20.3 Å². The number of aromatic nitrogens is 1. The molecule has 5 N–H and O–H groups in total. The molecule has 1 aromatic rings. The lowest BCUT2D eigenvalue weighted by atomic mass is 9.93. The number of carbonyl (C=O) groups excluding carboxylic acids is 1. The number of nitrogens with zero attached hydrogens (tertiary/aromatic N) is 3. The highest BCUT2D eigenvalue weighted by molar-refractivity contribution is 14.1. The van der Waals surface area contributed by atoms with Crippen LogP contribution >= 0.6 is 22.9 Å². The van der Waals surface area contributed by atoms with Gasteiger partial charge in [0.1, 0.15) is 31.0 Å². The number of nitriles is 1. The third kappa shape index (κ3) is 3.66. The van der Waals surface area contributed by atoms with Crippen LogP contribution in [-0.2, 0) is 19.9 Å². The Balaban J connectivity index is 2.34. The lowest BCUT2D eigenvalue weighted by Crippen LogP contribution is -2.40. The zero-order chi connectivity index (χ0) is 18.6. The topological polar surface area (TPSA) is 166 Å². The Bertz CT molecular complexity index is 742. The van der Waals surface area contributed by atoms with Crippen molar-refractivity contribution in [1.29, 1.82) is 5.26 Å². The van der Waals surface area contributed by atoms with Crippen molar-refractivity contribution in [1.82, 2.24) is 4.98 Å². The molecule has 134 valence electrons. The number of aliphatic imine (C=N–C) groups is 1. The van der Waals surface area contributed by atoms with E-state index in [2.05, 4.69) is 13.2 Å². The van der Waals surface area contributed by atoms with E-state index < -0.39 is 29.9 Å². The molecule has 1 fully saturated rings. The average Bonchev–Trinajstić information content (AvgIpc) is 3.17. The van der Waals surface area contributed by atoms with Gasteiger partial charge >= 0.3 is 5.97 Å². The minimum absolute atomic E-state index is 0.201. The van der Waals surface area contributed by atoms with E-state index in [0.29, 0.717) is 5.69 Å². The number of aliphatic hydroxyl groups excluding tert-OH is 2. The molecule has 0 amide bonds. The molecule has 11 heteroatoms. The average molecular weight is 461 g/mol. The Morgan fingerprint density at radius 1 is 1.64 bits per heavy atom. The van der Waals surface area contributed by atoms with Gasteiger partial charge in [-0.2, -0.15) is 8.47 Å². The largest absolute Gasteiger partial charge is 0.463 e. The molecule has 0 spiro atoms. The van der Waals surface area contributed by atoms with Crippen molar-refractivity contribution >= 4 is 41.0 Å². The molecule has 2 rings (SSSR count). The highest BCUT2D eigenvalue weighted by atomic mass is 127. The first kappa shape index (κ1) is 19.3. The van der Waals surface area contributed by atoms with Crippen molar-refractivity contribution in [2.75, 3.05) is 6.61 Å². The second-order valence-corrected chi connectivity index (χ2v) is 5.70. The monoisotopic (exact) mass is 461 g/mol. The van der Waals surface area contributed by atoms with Crippen LogP contribution in [0.5, 0.6) is 0 Å². The minimum Gasteiger partial charge on any atom is -0.463 e. The second kappa shape index (κ2) is 7.91. The molecule has 1 saturated heterocycles. The van der Waals surface area contributed by atoms with E-state index in [1.807, 2.05) is 6.07 Å². The maximum absolute atomic E-state index is 10.9. The normalized spacial score (nSPS) is 29.7. The number of hydrogen-bond acceptors (Lipinski definition) is 7. The summed E-state index contributed by atoms with van der Waals surface area (Å²) in [5.74, 6) is -0.295. The number of carbonyl (C=O) groups is 1. The highest BCUT2D eigenvalue weighted by Gasteiger charge is 2.57. The molecule has 0 bridgehead atoms. The molecule has 1 aliphatic heterocycles. The molecule has 25 heavy (non-hydrogen) atoms. The first-order valence-corrected chi connectivity index (χ1v) is 8.07. The standard InChI is InChI=1S/C14H16IN5O5/c1-7(21)24-4-9-11(22)12(23)14(5-16,25-9)10-3-2-8(19-10)13(20-15)18-6-17/h2-3,6,9,11-12,19,22-23H,4H2,1H3,(H2,17,18,20)/t9-,11-,12-,14+/m1/s1. The molecule has 10 nitrogen and oxygen atoms in total. The maximum Gasteiger partial charge on any atom is 0.302 e. The Hall–Kier alpha value is -2.01. The number of nitrogens with two attached hydrogens (primary N) is 1. The zero-order valence-corrected chi connectivity index (χ0v) is 15.2. The maximum atomic E-state index is 10.9. The number of ether oxygens (including phenoxy) is 2. The number of hydrogen-bond donors (Lipinski definition) is 4. The molecule has 0 radical (unpaired) electrons. The third-order valence-corrected chi connectivity index (χ3v) is 4.14. The van der Waals surface area contributed by atoms with E-state index in [1.165, 1.54) is 13.0 Å². The van der Waals surface area contributed by atoms with Crippen LogP contribution in [0.1, 0.15) is 18.3 Å². The summed E-state index contributed by atoms with van der Waals surface area (Å²) in [7, 11) is 0. The van der Waals surface area contributed by atoms with E-state index >= 15 is 0 Å². The second-order valence-electron chi connectivity index (χ2n) is 5.21. The fourth-order valence-corrected chi connectivity index (χ4v) is 2.86. The number of esters is 1. The molecule has 4 atom stereocenters. The number of nitrogens with one attached hydrogen (secondary N) is 1. The quantitative estimate of drug-likeness (QED) is 0.203. The van der Waals surface area contributed by atoms with Crippen LogP contribution in [0.15, 0.2) is 20.3 Å². The van der Waals surface area contributed by atoms with Gasteiger partial charge in [-0.15, -0.1) is 0 Å². The van der Waals surface area contributed by atoms with E-state index in [0.717, 1.165) is 6.34 Å². The van der Waals surface area contributed by atoms with Gasteiger partial charge in [-0.25, -0.2) is 4.99 Å². The summed E-state index contributed by atoms with van der Waals surface area (Å²) in [4.78, 5) is 17.7. The summed E-state index contributed by atoms with van der Waals surface area (Å²) in [5.41, 5.74) is 4.04. The van der Waals surface area contributed by atoms with Crippen molar-refractivity contribution < 1.29 is 24.5 Å². The van der Waals surface area contributed by atoms with Crippen LogP contribution in [-0.4, -0.2) is 58.3 Å². The van der Waals surface area contributed by atoms with Gasteiger partial charge in [0.25, 0.3) is 0 Å². The van der Waals surface area contributed by atoms with Crippen molar-refractivity contribution in [3.8, 4) is 6.07 Å². The van der Waals surface area contributed by atoms with Gasteiger partial charge in [-0.1, -0.05) is 0 Å². The van der Waals surface area contributed by atoms with Gasteiger partial charge in [0.05, 0.1) is 40.6 Å². The van der Waals surface area contributed by atoms with Crippen LogP contribution in [0.25, 0.3) is 0 Å². The number of rotatable bonds is 4. The molecule has 0 unspecified atom stereocenters. The van der Waals surface area contributed by atoms with Crippen LogP contribution in [0.4, 0.5) is 0 Å². The fourth-order valence-electron chi connectivity index (χ4n) is 2.48. The van der Waals surface area contributed by atoms with Gasteiger partial charge in [0, 0.05) is 6.92 Å². The van der Waals surface area contributed by atoms with Gasteiger partial charge in [0.2, 0.25) is 5.60 Å². The predicted molar refractivity (Wildman–Crippen MR) is 94.8 cm³/mol. The van der Waals surface area contributed by atoms with Crippen LogP contribution in [0.2, 0.25) is 0 Å². The summed E-state index contributed by atoms with van der Waals surface area (Å²) in [6, 6.07) is 4.98. The van der Waals surface area contributed by atoms with Crippen LogP contribution < -0.4 is 5.73 Å². The Morgan fingerprint density at radius 3 is 2.92 bits per heavy atom. The summed E-state index contributed by atoms with van der Waals surface area (Å²) >= 11 is 1.74. The summed E-state index contributed by atoms with van der Waals surface area (Å²) < 4.78 is 14.3. The number of amidine groups is 1. The van der Waals surface area contributed by atoms with Gasteiger partial charge in [-0.3, -0.25) is 4.79 Å².